The number of allylic oxidation sites excluding steroid dienone is 2. The van der Waals surface area contributed by atoms with E-state index in [1.54, 1.807) is 18.2 Å². The summed E-state index contributed by atoms with van der Waals surface area (Å²) < 4.78 is 40.2. The van der Waals surface area contributed by atoms with E-state index in [1.165, 1.54) is 74.9 Å². The molecule has 1 N–H and O–H groups in total. The first-order valence-corrected chi connectivity index (χ1v) is 15.3. The van der Waals surface area contributed by atoms with Gasteiger partial charge in [0.25, 0.3) is 11.8 Å². The number of hydrogen-bond acceptors (Lipinski definition) is 3. The summed E-state index contributed by atoms with van der Waals surface area (Å²) in [5.41, 5.74) is 0.221. The Kier molecular flexibility index (Phi) is 16.3. The van der Waals surface area contributed by atoms with Crippen LogP contribution in [0.15, 0.2) is 66.7 Å². The lowest BCUT2D eigenvalue weighted by atomic mass is 10.1. The molecule has 0 saturated carbocycles. The Labute approximate surface area is 248 Å². The van der Waals surface area contributed by atoms with Crippen molar-refractivity contribution < 1.29 is 27.6 Å². The van der Waals surface area contributed by atoms with E-state index >= 15 is 0 Å². The Balaban J connectivity index is 1.78. The van der Waals surface area contributed by atoms with Crippen molar-refractivity contribution in [1.82, 2.24) is 5.32 Å². The highest BCUT2D eigenvalue weighted by Gasteiger charge is 2.43. The van der Waals surface area contributed by atoms with Crippen molar-refractivity contribution in [3.63, 3.8) is 0 Å². The average molecular weight is 587 g/mol. The lowest BCUT2D eigenvalue weighted by Gasteiger charge is -2.24. The number of alkyl halides is 3. The van der Waals surface area contributed by atoms with E-state index < -0.39 is 23.9 Å². The van der Waals surface area contributed by atoms with Gasteiger partial charge in [-0.3, -0.25) is 19.7 Å². The van der Waals surface area contributed by atoms with E-state index in [0.717, 1.165) is 38.5 Å². The van der Waals surface area contributed by atoms with Gasteiger partial charge >= 0.3 is 12.1 Å². The minimum absolute atomic E-state index is 0.0159. The van der Waals surface area contributed by atoms with Crippen LogP contribution >= 0.6 is 0 Å². The Morgan fingerprint density at radius 3 is 1.81 bits per heavy atom. The summed E-state index contributed by atoms with van der Waals surface area (Å²) >= 11 is 0. The lowest BCUT2D eigenvalue weighted by molar-refractivity contribution is -0.170. The molecule has 5 nitrogen and oxygen atoms in total. The molecule has 0 aliphatic heterocycles. The number of rotatable bonds is 19. The summed E-state index contributed by atoms with van der Waals surface area (Å²) in [6.45, 7) is 2.11. The summed E-state index contributed by atoms with van der Waals surface area (Å²) in [5.74, 6) is -3.37. The van der Waals surface area contributed by atoms with Gasteiger partial charge in [0.05, 0.1) is 0 Å². The van der Waals surface area contributed by atoms with Crippen LogP contribution in [0.3, 0.4) is 0 Å². The van der Waals surface area contributed by atoms with Gasteiger partial charge in [0.1, 0.15) is 0 Å². The standard InChI is InChI=1S/C34H45F3N2O3/c1-2-3-4-5-6-7-8-9-10-11-12-13-14-15-16-20-26-39(33(42)34(35,36)37)30-25-21-24-29(27-30)32(41)38-31(40)28-22-18-17-19-23-28/h9-10,17-19,21-25,27H,2-8,11-16,20,26H2,1H3,(H,38,40,41). The smallest absolute Gasteiger partial charge is 0.305 e. The van der Waals surface area contributed by atoms with Crippen LogP contribution in [0.2, 0.25) is 0 Å². The van der Waals surface area contributed by atoms with E-state index in [9.17, 15) is 27.6 Å². The molecule has 0 fully saturated rings. The number of hydrogen-bond donors (Lipinski definition) is 1. The highest BCUT2D eigenvalue weighted by Crippen LogP contribution is 2.25. The third-order valence-electron chi connectivity index (χ3n) is 7.06. The highest BCUT2D eigenvalue weighted by molar-refractivity contribution is 6.11. The molecule has 230 valence electrons. The third-order valence-corrected chi connectivity index (χ3v) is 7.06. The zero-order chi connectivity index (χ0) is 30.6. The summed E-state index contributed by atoms with van der Waals surface area (Å²) in [6.07, 6.45) is 14.6. The Bertz CT molecular complexity index is 1120. The molecule has 0 aliphatic carbocycles. The van der Waals surface area contributed by atoms with Crippen molar-refractivity contribution in [2.75, 3.05) is 11.4 Å². The molecule has 0 aliphatic rings. The molecule has 8 heteroatoms. The molecular weight excluding hydrogens is 541 g/mol. The molecule has 2 aromatic rings. The quantitative estimate of drug-likeness (QED) is 0.101. The second kappa shape index (κ2) is 19.7. The maximum Gasteiger partial charge on any atom is 0.471 e. The first kappa shape index (κ1) is 34.8. The van der Waals surface area contributed by atoms with Crippen LogP contribution < -0.4 is 10.2 Å². The number of unbranched alkanes of at least 4 members (excludes halogenated alkanes) is 12. The van der Waals surface area contributed by atoms with Gasteiger partial charge in [-0.1, -0.05) is 101 Å². The number of carbonyl (C=O) groups is 3. The van der Waals surface area contributed by atoms with Crippen molar-refractivity contribution in [2.45, 2.75) is 103 Å². The minimum atomic E-state index is -5.05. The van der Waals surface area contributed by atoms with Gasteiger partial charge in [-0.2, -0.15) is 13.2 Å². The van der Waals surface area contributed by atoms with Crippen molar-refractivity contribution in [1.29, 1.82) is 0 Å². The van der Waals surface area contributed by atoms with Crippen LogP contribution in [-0.4, -0.2) is 30.4 Å². The summed E-state index contributed by atoms with van der Waals surface area (Å²) in [6, 6.07) is 13.5. The first-order chi connectivity index (χ1) is 20.2. The zero-order valence-electron chi connectivity index (χ0n) is 24.8. The fraction of sp³-hybridized carbons (Fsp3) is 0.500. The number of halogens is 3. The summed E-state index contributed by atoms with van der Waals surface area (Å²) in [4.78, 5) is 37.9. The second-order valence-electron chi connectivity index (χ2n) is 10.6. The molecule has 0 heterocycles. The number of imide groups is 1. The minimum Gasteiger partial charge on any atom is -0.305 e. The molecule has 2 rings (SSSR count). The molecule has 0 saturated heterocycles. The summed E-state index contributed by atoms with van der Waals surface area (Å²) in [7, 11) is 0. The molecule has 0 spiro atoms. The molecule has 42 heavy (non-hydrogen) atoms. The number of anilines is 1. The monoisotopic (exact) mass is 586 g/mol. The molecule has 0 bridgehead atoms. The van der Waals surface area contributed by atoms with Crippen LogP contribution in [0.5, 0.6) is 0 Å². The number of nitrogens with zero attached hydrogens (tertiary/aromatic N) is 1. The fourth-order valence-corrected chi connectivity index (χ4v) is 4.67. The average Bonchev–Trinajstić information content (AvgIpc) is 2.98. The zero-order valence-corrected chi connectivity index (χ0v) is 24.8. The van der Waals surface area contributed by atoms with Gasteiger partial charge in [0, 0.05) is 23.4 Å². The first-order valence-electron chi connectivity index (χ1n) is 15.3. The van der Waals surface area contributed by atoms with Crippen LogP contribution in [-0.2, 0) is 4.79 Å². The Morgan fingerprint density at radius 1 is 0.690 bits per heavy atom. The molecule has 3 amide bonds. The van der Waals surface area contributed by atoms with Gasteiger partial charge in [0.2, 0.25) is 0 Å². The van der Waals surface area contributed by atoms with Gasteiger partial charge in [-0.15, -0.1) is 0 Å². The fourth-order valence-electron chi connectivity index (χ4n) is 4.67. The number of amides is 3. The SMILES string of the molecule is CCCCCCCCC=CCCCCCCCCN(C(=O)C(F)(F)F)c1cccc(C(=O)NC(=O)c2ccccc2)c1. The van der Waals surface area contributed by atoms with Crippen molar-refractivity contribution in [3.8, 4) is 0 Å². The molecule has 0 aromatic heterocycles. The molecule has 2 aromatic carbocycles. The maximum atomic E-state index is 13.4. The highest BCUT2D eigenvalue weighted by atomic mass is 19.4. The molecule has 0 radical (unpaired) electrons. The van der Waals surface area contributed by atoms with E-state index in [4.69, 9.17) is 0 Å². The van der Waals surface area contributed by atoms with E-state index in [-0.39, 0.29) is 23.4 Å². The van der Waals surface area contributed by atoms with Crippen molar-refractivity contribution in [3.05, 3.63) is 77.9 Å². The van der Waals surface area contributed by atoms with E-state index in [2.05, 4.69) is 24.4 Å². The van der Waals surface area contributed by atoms with E-state index in [1.807, 2.05) is 0 Å². The summed E-state index contributed by atoms with van der Waals surface area (Å²) in [5, 5.41) is 2.23. The molecule has 0 atom stereocenters. The topological polar surface area (TPSA) is 66.5 Å². The van der Waals surface area contributed by atoms with Gasteiger partial charge in [-0.05, 0) is 62.4 Å². The van der Waals surface area contributed by atoms with Gasteiger partial charge in [0.15, 0.2) is 0 Å². The molecular formula is C34H45F3N2O3. The predicted molar refractivity (Wildman–Crippen MR) is 163 cm³/mol. The molecule has 0 unspecified atom stereocenters. The number of nitrogens with one attached hydrogen (secondary N) is 1. The van der Waals surface area contributed by atoms with Crippen LogP contribution in [0.25, 0.3) is 0 Å². The second-order valence-corrected chi connectivity index (χ2v) is 10.6. The van der Waals surface area contributed by atoms with Crippen molar-refractivity contribution in [2.24, 2.45) is 0 Å². The number of carbonyl (C=O) groups excluding carboxylic acids is 3. The van der Waals surface area contributed by atoms with Crippen LogP contribution in [0.1, 0.15) is 118 Å². The van der Waals surface area contributed by atoms with Gasteiger partial charge in [-0.25, -0.2) is 0 Å². The van der Waals surface area contributed by atoms with E-state index in [0.29, 0.717) is 17.7 Å². The lowest BCUT2D eigenvalue weighted by Crippen LogP contribution is -2.42. The Hall–Kier alpha value is -3.42. The van der Waals surface area contributed by atoms with Gasteiger partial charge < -0.3 is 4.90 Å². The maximum absolute atomic E-state index is 13.4. The Morgan fingerprint density at radius 2 is 1.21 bits per heavy atom. The van der Waals surface area contributed by atoms with Crippen LogP contribution in [0, 0.1) is 0 Å². The van der Waals surface area contributed by atoms with Crippen molar-refractivity contribution >= 4 is 23.4 Å². The largest absolute Gasteiger partial charge is 0.471 e. The van der Waals surface area contributed by atoms with Crippen LogP contribution in [0.4, 0.5) is 18.9 Å². The normalized spacial score (nSPS) is 11.5. The third kappa shape index (κ3) is 13.5. The predicted octanol–water partition coefficient (Wildman–Crippen LogP) is 9.19. The number of benzene rings is 2.